The Morgan fingerprint density at radius 1 is 1.06 bits per heavy atom. The van der Waals surface area contributed by atoms with E-state index in [9.17, 15) is 0 Å². The lowest BCUT2D eigenvalue weighted by molar-refractivity contribution is 1.34. The third-order valence-corrected chi connectivity index (χ3v) is 3.32. The van der Waals surface area contributed by atoms with E-state index in [-0.39, 0.29) is 0 Å². The van der Waals surface area contributed by atoms with E-state index in [0.29, 0.717) is 10.6 Å². The van der Waals surface area contributed by atoms with Gasteiger partial charge in [0.25, 0.3) is 0 Å². The number of hydrogen-bond acceptors (Lipinski definition) is 1. The Morgan fingerprint density at radius 2 is 1.82 bits per heavy atom. The molecule has 0 atom stereocenters. The first kappa shape index (κ1) is 11.7. The molecule has 1 nitrogen and oxygen atoms in total. The molecule has 2 heteroatoms. The largest absolute Gasteiger partial charge is 0.192 e. The molecule has 0 fully saturated rings. The summed E-state index contributed by atoms with van der Waals surface area (Å²) in [5.41, 5.74) is 5.06. The monoisotopic (exact) mass is 241 g/mol. The van der Waals surface area contributed by atoms with E-state index in [2.05, 4.69) is 26.0 Å². The normalized spacial score (nSPS) is 10.0. The lowest BCUT2D eigenvalue weighted by atomic mass is 9.96. The van der Waals surface area contributed by atoms with Crippen molar-refractivity contribution >= 4 is 11.6 Å². The summed E-state index contributed by atoms with van der Waals surface area (Å²) in [5.74, 6) is 0. The fraction of sp³-hybridized carbons (Fsp3) is 0.133. The number of hydrogen-bond donors (Lipinski definition) is 0. The molecule has 0 aliphatic rings. The minimum Gasteiger partial charge on any atom is -0.192 e. The van der Waals surface area contributed by atoms with Gasteiger partial charge in [-0.2, -0.15) is 5.26 Å². The molecule has 0 aliphatic heterocycles. The van der Waals surface area contributed by atoms with Crippen LogP contribution in [0.15, 0.2) is 36.4 Å². The Hall–Kier alpha value is -1.78. The molecule has 0 heterocycles. The third kappa shape index (κ3) is 2.18. The maximum atomic E-state index is 8.93. The van der Waals surface area contributed by atoms with Crippen LogP contribution in [0.1, 0.15) is 16.7 Å². The summed E-state index contributed by atoms with van der Waals surface area (Å²) in [7, 11) is 0. The SMILES string of the molecule is Cc1cccc(-c2cc(C#N)ccc2Cl)c1C. The molecule has 0 bridgehead atoms. The van der Waals surface area contributed by atoms with Gasteiger partial charge in [-0.25, -0.2) is 0 Å². The summed E-state index contributed by atoms with van der Waals surface area (Å²) >= 11 is 6.20. The summed E-state index contributed by atoms with van der Waals surface area (Å²) < 4.78 is 0. The average molecular weight is 242 g/mol. The minimum atomic E-state index is 0.630. The summed E-state index contributed by atoms with van der Waals surface area (Å²) in [6, 6.07) is 13.6. The van der Waals surface area contributed by atoms with Crippen LogP contribution in [0.2, 0.25) is 5.02 Å². The van der Waals surface area contributed by atoms with Gasteiger partial charge in [0, 0.05) is 10.6 Å². The molecular weight excluding hydrogens is 230 g/mol. The predicted octanol–water partition coefficient (Wildman–Crippen LogP) is 4.50. The Labute approximate surface area is 106 Å². The first-order chi connectivity index (χ1) is 8.13. The lowest BCUT2D eigenvalue weighted by Gasteiger charge is -2.10. The molecule has 0 saturated heterocycles. The van der Waals surface area contributed by atoms with E-state index in [1.165, 1.54) is 11.1 Å². The highest BCUT2D eigenvalue weighted by molar-refractivity contribution is 6.33. The average Bonchev–Trinajstić information content (AvgIpc) is 2.34. The van der Waals surface area contributed by atoms with Crippen LogP contribution in [0.3, 0.4) is 0 Å². The van der Waals surface area contributed by atoms with E-state index in [1.807, 2.05) is 18.2 Å². The summed E-state index contributed by atoms with van der Waals surface area (Å²) in [6.45, 7) is 4.14. The molecule has 84 valence electrons. The van der Waals surface area contributed by atoms with Gasteiger partial charge in [0.1, 0.15) is 0 Å². The molecule has 0 radical (unpaired) electrons. The number of nitrogens with zero attached hydrogens (tertiary/aromatic N) is 1. The standard InChI is InChI=1S/C15H12ClN/c1-10-4-3-5-13(11(10)2)14-8-12(9-17)6-7-15(14)16/h3-8H,1-2H3. The molecule has 0 aliphatic carbocycles. The van der Waals surface area contributed by atoms with Crippen LogP contribution in [0.25, 0.3) is 11.1 Å². The number of halogens is 1. The van der Waals surface area contributed by atoms with Crippen LogP contribution in [-0.4, -0.2) is 0 Å². The summed E-state index contributed by atoms with van der Waals surface area (Å²) in [5, 5.41) is 9.61. The van der Waals surface area contributed by atoms with E-state index >= 15 is 0 Å². The first-order valence-electron chi connectivity index (χ1n) is 5.39. The molecule has 0 N–H and O–H groups in total. The molecule has 0 spiro atoms. The maximum Gasteiger partial charge on any atom is 0.0991 e. The fourth-order valence-corrected chi connectivity index (χ4v) is 2.06. The van der Waals surface area contributed by atoms with Crippen LogP contribution in [0, 0.1) is 25.2 Å². The molecule has 0 unspecified atom stereocenters. The molecule has 0 saturated carbocycles. The van der Waals surface area contributed by atoms with Crippen molar-refractivity contribution in [3.05, 3.63) is 58.1 Å². The van der Waals surface area contributed by atoms with E-state index in [4.69, 9.17) is 16.9 Å². The van der Waals surface area contributed by atoms with Crippen LogP contribution in [0.5, 0.6) is 0 Å². The second kappa shape index (κ2) is 4.61. The van der Waals surface area contributed by atoms with Gasteiger partial charge in [-0.05, 0) is 48.7 Å². The van der Waals surface area contributed by atoms with Crippen LogP contribution < -0.4 is 0 Å². The molecule has 2 rings (SSSR count). The van der Waals surface area contributed by atoms with Gasteiger partial charge in [-0.1, -0.05) is 29.8 Å². The molecule has 17 heavy (non-hydrogen) atoms. The van der Waals surface area contributed by atoms with Crippen molar-refractivity contribution in [2.24, 2.45) is 0 Å². The van der Waals surface area contributed by atoms with Gasteiger partial charge in [0.05, 0.1) is 11.6 Å². The van der Waals surface area contributed by atoms with Gasteiger partial charge < -0.3 is 0 Å². The zero-order valence-electron chi connectivity index (χ0n) is 9.79. The third-order valence-electron chi connectivity index (χ3n) is 2.99. The zero-order valence-corrected chi connectivity index (χ0v) is 10.5. The smallest absolute Gasteiger partial charge is 0.0991 e. The van der Waals surface area contributed by atoms with Crippen LogP contribution in [0.4, 0.5) is 0 Å². The van der Waals surface area contributed by atoms with Crippen molar-refractivity contribution in [2.75, 3.05) is 0 Å². The predicted molar refractivity (Wildman–Crippen MR) is 71.1 cm³/mol. The highest BCUT2D eigenvalue weighted by atomic mass is 35.5. The number of benzene rings is 2. The van der Waals surface area contributed by atoms with Gasteiger partial charge >= 0.3 is 0 Å². The Bertz CT molecular complexity index is 609. The Balaban J connectivity index is 2.68. The molecule has 0 aromatic heterocycles. The lowest BCUT2D eigenvalue weighted by Crippen LogP contribution is -1.88. The topological polar surface area (TPSA) is 23.8 Å². The zero-order chi connectivity index (χ0) is 12.4. The first-order valence-corrected chi connectivity index (χ1v) is 5.77. The second-order valence-electron chi connectivity index (χ2n) is 4.05. The van der Waals surface area contributed by atoms with Crippen molar-refractivity contribution in [3.63, 3.8) is 0 Å². The maximum absolute atomic E-state index is 8.93. The molecule has 2 aromatic carbocycles. The minimum absolute atomic E-state index is 0.630. The molecule has 2 aromatic rings. The number of rotatable bonds is 1. The Kier molecular flexibility index (Phi) is 3.17. The van der Waals surface area contributed by atoms with Crippen LogP contribution in [-0.2, 0) is 0 Å². The van der Waals surface area contributed by atoms with Crippen molar-refractivity contribution in [2.45, 2.75) is 13.8 Å². The Morgan fingerprint density at radius 3 is 2.53 bits per heavy atom. The number of aryl methyl sites for hydroxylation is 1. The van der Waals surface area contributed by atoms with Crippen molar-refractivity contribution in [1.82, 2.24) is 0 Å². The molecule has 0 amide bonds. The highest BCUT2D eigenvalue weighted by Gasteiger charge is 2.08. The van der Waals surface area contributed by atoms with Gasteiger partial charge in [0.15, 0.2) is 0 Å². The number of nitriles is 1. The van der Waals surface area contributed by atoms with Crippen molar-refractivity contribution in [1.29, 1.82) is 5.26 Å². The highest BCUT2D eigenvalue weighted by Crippen LogP contribution is 2.32. The van der Waals surface area contributed by atoms with Crippen molar-refractivity contribution in [3.8, 4) is 17.2 Å². The fourth-order valence-electron chi connectivity index (χ4n) is 1.84. The quantitative estimate of drug-likeness (QED) is 0.721. The van der Waals surface area contributed by atoms with Gasteiger partial charge in [0.2, 0.25) is 0 Å². The molecular formula is C15H12ClN. The summed E-state index contributed by atoms with van der Waals surface area (Å²) in [4.78, 5) is 0. The van der Waals surface area contributed by atoms with Crippen molar-refractivity contribution < 1.29 is 0 Å². The van der Waals surface area contributed by atoms with Crippen LogP contribution >= 0.6 is 11.6 Å². The second-order valence-corrected chi connectivity index (χ2v) is 4.46. The summed E-state index contributed by atoms with van der Waals surface area (Å²) in [6.07, 6.45) is 0. The van der Waals surface area contributed by atoms with E-state index < -0.39 is 0 Å². The van der Waals surface area contributed by atoms with Gasteiger partial charge in [-0.3, -0.25) is 0 Å². The van der Waals surface area contributed by atoms with Gasteiger partial charge in [-0.15, -0.1) is 0 Å². The van der Waals surface area contributed by atoms with E-state index in [0.717, 1.165) is 11.1 Å². The van der Waals surface area contributed by atoms with E-state index in [1.54, 1.807) is 12.1 Å².